The lowest BCUT2D eigenvalue weighted by atomic mass is 10.0. The van der Waals surface area contributed by atoms with Gasteiger partial charge in [0, 0.05) is 29.3 Å². The number of aromatic nitrogens is 2. The van der Waals surface area contributed by atoms with Gasteiger partial charge in [-0.25, -0.2) is 9.37 Å². The predicted octanol–water partition coefficient (Wildman–Crippen LogP) is 5.01. The zero-order valence-corrected chi connectivity index (χ0v) is 18.2. The van der Waals surface area contributed by atoms with Crippen LogP contribution < -0.4 is 5.73 Å². The Kier molecular flexibility index (Phi) is 5.73. The van der Waals surface area contributed by atoms with Gasteiger partial charge in [-0.15, -0.1) is 0 Å². The number of rotatable bonds is 4. The van der Waals surface area contributed by atoms with Crippen molar-refractivity contribution in [2.45, 2.75) is 52.2 Å². The minimum absolute atomic E-state index is 0.171. The molecule has 2 N–H and O–H groups in total. The first-order chi connectivity index (χ1) is 15.5. The van der Waals surface area contributed by atoms with Gasteiger partial charge in [-0.05, 0) is 44.5 Å². The number of amides is 1. The predicted molar refractivity (Wildman–Crippen MR) is 114 cm³/mol. The number of hydrogen-bond donors (Lipinski definition) is 1. The molecule has 0 bridgehead atoms. The number of carbonyl (C=O) groups is 1. The summed E-state index contributed by atoms with van der Waals surface area (Å²) in [5.74, 6) is -1.11. The summed E-state index contributed by atoms with van der Waals surface area (Å²) in [5, 5.41) is 0.575. The molecule has 1 aliphatic heterocycles. The molecule has 174 valence electrons. The molecule has 3 aromatic rings. The summed E-state index contributed by atoms with van der Waals surface area (Å²) in [6.45, 7) is 5.69. The molecule has 0 saturated carbocycles. The Morgan fingerprint density at radius 3 is 2.45 bits per heavy atom. The summed E-state index contributed by atoms with van der Waals surface area (Å²) < 4.78 is 59.1. The van der Waals surface area contributed by atoms with E-state index in [4.69, 9.17) is 10.5 Å². The standard InChI is InChI=1S/C23H22F4N4O2/c1-11(2)31(12(3)19-5-4-13(8-29-19)23(25,26)27)22(32)15-6-14-16-9-33-10-17(16)21(28)30-20(14)7-18(15)24/h4-8,11-12H,9-10H2,1-3H3,(H2,28,30)/t12-/m0/s1. The minimum atomic E-state index is -4.52. The molecule has 2 aromatic heterocycles. The van der Waals surface area contributed by atoms with Gasteiger partial charge in [-0.2, -0.15) is 13.2 Å². The maximum absolute atomic E-state index is 15.0. The van der Waals surface area contributed by atoms with Crippen LogP contribution in [0.25, 0.3) is 10.9 Å². The van der Waals surface area contributed by atoms with E-state index in [1.54, 1.807) is 20.8 Å². The molecule has 4 rings (SSSR count). The Morgan fingerprint density at radius 1 is 1.15 bits per heavy atom. The van der Waals surface area contributed by atoms with Crippen LogP contribution in [0.1, 0.15) is 59.6 Å². The molecule has 0 saturated heterocycles. The van der Waals surface area contributed by atoms with Crippen LogP contribution in [-0.4, -0.2) is 26.8 Å². The van der Waals surface area contributed by atoms with Gasteiger partial charge < -0.3 is 15.4 Å². The van der Waals surface area contributed by atoms with Crippen LogP contribution in [0, 0.1) is 5.82 Å². The van der Waals surface area contributed by atoms with E-state index in [2.05, 4.69) is 9.97 Å². The van der Waals surface area contributed by atoms with Crippen LogP contribution in [0.5, 0.6) is 0 Å². The number of hydrogen-bond acceptors (Lipinski definition) is 5. The van der Waals surface area contributed by atoms with Crippen molar-refractivity contribution in [3.05, 3.63) is 64.2 Å². The average Bonchev–Trinajstić information content (AvgIpc) is 3.23. The van der Waals surface area contributed by atoms with Gasteiger partial charge in [-0.3, -0.25) is 9.78 Å². The van der Waals surface area contributed by atoms with Gasteiger partial charge >= 0.3 is 6.18 Å². The lowest BCUT2D eigenvalue weighted by molar-refractivity contribution is -0.137. The SMILES string of the molecule is CC(C)N(C(=O)c1cc2c3c(c(N)nc2cc1F)COC3)[C@@H](C)c1ccc(C(F)(F)F)cn1. The maximum atomic E-state index is 15.0. The molecule has 0 fully saturated rings. The van der Waals surface area contributed by atoms with E-state index in [-0.39, 0.29) is 29.7 Å². The molecule has 1 amide bonds. The van der Waals surface area contributed by atoms with Gasteiger partial charge in [0.1, 0.15) is 11.6 Å². The van der Waals surface area contributed by atoms with Crippen molar-refractivity contribution in [2.75, 3.05) is 5.73 Å². The number of pyridine rings is 2. The number of nitrogens with two attached hydrogens (primary N) is 1. The molecule has 10 heteroatoms. The first-order valence-electron chi connectivity index (χ1n) is 10.3. The first kappa shape index (κ1) is 22.9. The molecule has 0 aliphatic carbocycles. The van der Waals surface area contributed by atoms with E-state index in [0.717, 1.165) is 29.5 Å². The number of alkyl halides is 3. The monoisotopic (exact) mass is 462 g/mol. The number of carbonyl (C=O) groups excluding carboxylic acids is 1. The third-order valence-electron chi connectivity index (χ3n) is 5.80. The van der Waals surface area contributed by atoms with E-state index in [9.17, 15) is 18.0 Å². The van der Waals surface area contributed by atoms with Crippen LogP contribution in [0.4, 0.5) is 23.4 Å². The van der Waals surface area contributed by atoms with Crippen LogP contribution >= 0.6 is 0 Å². The zero-order valence-electron chi connectivity index (χ0n) is 18.2. The van der Waals surface area contributed by atoms with Crippen LogP contribution in [0.15, 0.2) is 30.5 Å². The minimum Gasteiger partial charge on any atom is -0.383 e. The lowest BCUT2D eigenvalue weighted by Crippen LogP contribution is -2.39. The summed E-state index contributed by atoms with van der Waals surface area (Å²) in [4.78, 5) is 23.0. The number of anilines is 1. The Morgan fingerprint density at radius 2 is 1.85 bits per heavy atom. The van der Waals surface area contributed by atoms with Crippen molar-refractivity contribution in [2.24, 2.45) is 0 Å². The smallest absolute Gasteiger partial charge is 0.383 e. The summed E-state index contributed by atoms with van der Waals surface area (Å²) >= 11 is 0. The topological polar surface area (TPSA) is 81.3 Å². The molecule has 0 unspecified atom stereocenters. The highest BCUT2D eigenvalue weighted by atomic mass is 19.4. The second-order valence-corrected chi connectivity index (χ2v) is 8.25. The van der Waals surface area contributed by atoms with Crippen molar-refractivity contribution in [3.63, 3.8) is 0 Å². The molecular formula is C23H22F4N4O2. The number of benzene rings is 1. The lowest BCUT2D eigenvalue weighted by Gasteiger charge is -2.33. The van der Waals surface area contributed by atoms with E-state index in [0.29, 0.717) is 17.5 Å². The van der Waals surface area contributed by atoms with E-state index < -0.39 is 29.5 Å². The van der Waals surface area contributed by atoms with Crippen molar-refractivity contribution >= 4 is 22.6 Å². The van der Waals surface area contributed by atoms with Crippen LogP contribution in [0.3, 0.4) is 0 Å². The van der Waals surface area contributed by atoms with Gasteiger partial charge in [-0.1, -0.05) is 0 Å². The average molecular weight is 462 g/mol. The fraction of sp³-hybridized carbons (Fsp3) is 0.348. The van der Waals surface area contributed by atoms with Crippen molar-refractivity contribution < 1.29 is 27.1 Å². The second-order valence-electron chi connectivity index (χ2n) is 8.25. The largest absolute Gasteiger partial charge is 0.417 e. The van der Waals surface area contributed by atoms with Crippen molar-refractivity contribution in [1.29, 1.82) is 0 Å². The summed E-state index contributed by atoms with van der Waals surface area (Å²) in [6.07, 6.45) is -3.79. The molecule has 1 atom stereocenters. The molecule has 1 aromatic carbocycles. The highest BCUT2D eigenvalue weighted by Gasteiger charge is 2.33. The van der Waals surface area contributed by atoms with Crippen molar-refractivity contribution in [3.8, 4) is 0 Å². The Bertz CT molecular complexity index is 1230. The number of nitrogen functional groups attached to an aromatic ring is 1. The maximum Gasteiger partial charge on any atom is 0.417 e. The fourth-order valence-electron chi connectivity index (χ4n) is 4.12. The Balaban J connectivity index is 1.74. The van der Waals surface area contributed by atoms with Crippen molar-refractivity contribution in [1.82, 2.24) is 14.9 Å². The zero-order chi connectivity index (χ0) is 24.1. The number of halogens is 4. The quantitative estimate of drug-likeness (QED) is 0.551. The normalized spacial score (nSPS) is 14.5. The highest BCUT2D eigenvalue weighted by molar-refractivity contribution is 6.00. The van der Waals surface area contributed by atoms with E-state index in [1.807, 2.05) is 0 Å². The summed E-state index contributed by atoms with van der Waals surface area (Å²) in [7, 11) is 0. The third kappa shape index (κ3) is 4.10. The number of nitrogens with zero attached hydrogens (tertiary/aromatic N) is 3. The summed E-state index contributed by atoms with van der Waals surface area (Å²) in [6, 6.07) is 3.66. The first-order valence-corrected chi connectivity index (χ1v) is 10.3. The Hall–Kier alpha value is -3.27. The fourth-order valence-corrected chi connectivity index (χ4v) is 4.12. The molecule has 33 heavy (non-hydrogen) atoms. The molecule has 6 nitrogen and oxygen atoms in total. The van der Waals surface area contributed by atoms with Crippen LogP contribution in [0.2, 0.25) is 0 Å². The summed E-state index contributed by atoms with van der Waals surface area (Å²) in [5.41, 5.74) is 6.95. The number of ether oxygens (including phenoxy) is 1. The van der Waals surface area contributed by atoms with Gasteiger partial charge in [0.05, 0.1) is 41.6 Å². The third-order valence-corrected chi connectivity index (χ3v) is 5.80. The highest BCUT2D eigenvalue weighted by Crippen LogP contribution is 2.34. The molecular weight excluding hydrogens is 440 g/mol. The number of fused-ring (bicyclic) bond motifs is 3. The molecule has 3 heterocycles. The van der Waals surface area contributed by atoms with E-state index in [1.165, 1.54) is 17.0 Å². The second kappa shape index (κ2) is 8.26. The van der Waals surface area contributed by atoms with Crippen LogP contribution in [-0.2, 0) is 24.1 Å². The van der Waals surface area contributed by atoms with Gasteiger partial charge in [0.15, 0.2) is 0 Å². The molecule has 0 radical (unpaired) electrons. The molecule has 0 spiro atoms. The van der Waals surface area contributed by atoms with Gasteiger partial charge in [0.25, 0.3) is 5.91 Å². The van der Waals surface area contributed by atoms with E-state index >= 15 is 4.39 Å². The Labute approximate surface area is 187 Å². The molecule has 1 aliphatic rings. The van der Waals surface area contributed by atoms with Gasteiger partial charge in [0.2, 0.25) is 0 Å².